The number of nitrogens with zero attached hydrogens (tertiary/aromatic N) is 2. The van der Waals surface area contributed by atoms with Crippen molar-refractivity contribution in [1.82, 2.24) is 15.2 Å². The Bertz CT molecular complexity index is 709. The molecule has 0 aliphatic rings. The molecule has 2 amide bonds. The highest BCUT2D eigenvalue weighted by Crippen LogP contribution is 2.28. The normalized spacial score (nSPS) is 13.0. The van der Waals surface area contributed by atoms with Gasteiger partial charge in [-0.2, -0.15) is 0 Å². The summed E-state index contributed by atoms with van der Waals surface area (Å²) in [6.07, 6.45) is 3.43. The standard InChI is InChI=1S/C19H24FN3O2/c1-5-23(14(3)15-8-7-11-21-12-15)19(24)22-13(2)18-16(20)9-6-10-17(18)25-4/h6-14H,5H2,1-4H3,(H,22,24)/t13-,14-/m1/s1. The Morgan fingerprint density at radius 3 is 2.68 bits per heavy atom. The zero-order valence-electron chi connectivity index (χ0n) is 15.0. The Kier molecular flexibility index (Phi) is 6.33. The van der Waals surface area contributed by atoms with Gasteiger partial charge >= 0.3 is 6.03 Å². The monoisotopic (exact) mass is 345 g/mol. The van der Waals surface area contributed by atoms with Gasteiger partial charge in [0.05, 0.1) is 24.8 Å². The third-order valence-electron chi connectivity index (χ3n) is 4.24. The van der Waals surface area contributed by atoms with Gasteiger partial charge in [0, 0.05) is 18.9 Å². The van der Waals surface area contributed by atoms with E-state index in [1.807, 2.05) is 26.0 Å². The first-order chi connectivity index (χ1) is 12.0. The average Bonchev–Trinajstić information content (AvgIpc) is 2.62. The Labute approximate surface area is 147 Å². The molecule has 0 saturated heterocycles. The highest BCUT2D eigenvalue weighted by atomic mass is 19.1. The van der Waals surface area contributed by atoms with Gasteiger partial charge in [0.2, 0.25) is 0 Å². The van der Waals surface area contributed by atoms with Crippen molar-refractivity contribution >= 4 is 6.03 Å². The number of halogens is 1. The fourth-order valence-electron chi connectivity index (χ4n) is 2.85. The van der Waals surface area contributed by atoms with Crippen molar-refractivity contribution in [2.45, 2.75) is 32.9 Å². The van der Waals surface area contributed by atoms with Crippen LogP contribution in [-0.2, 0) is 0 Å². The van der Waals surface area contributed by atoms with E-state index < -0.39 is 11.9 Å². The maximum Gasteiger partial charge on any atom is 0.318 e. The highest BCUT2D eigenvalue weighted by molar-refractivity contribution is 5.75. The van der Waals surface area contributed by atoms with Crippen LogP contribution in [0, 0.1) is 5.82 Å². The molecule has 0 saturated carbocycles. The molecule has 1 heterocycles. The number of nitrogens with one attached hydrogen (secondary N) is 1. The van der Waals surface area contributed by atoms with Gasteiger partial charge in [-0.1, -0.05) is 12.1 Å². The van der Waals surface area contributed by atoms with Crippen molar-refractivity contribution in [3.05, 3.63) is 59.7 Å². The molecule has 5 nitrogen and oxygen atoms in total. The van der Waals surface area contributed by atoms with Crippen LogP contribution in [0.3, 0.4) is 0 Å². The van der Waals surface area contributed by atoms with Crippen molar-refractivity contribution in [1.29, 1.82) is 0 Å². The Balaban J connectivity index is 2.17. The smallest absolute Gasteiger partial charge is 0.318 e. The zero-order chi connectivity index (χ0) is 18.4. The first-order valence-electron chi connectivity index (χ1n) is 8.29. The summed E-state index contributed by atoms with van der Waals surface area (Å²) in [5.41, 5.74) is 1.28. The number of aromatic nitrogens is 1. The van der Waals surface area contributed by atoms with E-state index in [1.165, 1.54) is 13.2 Å². The van der Waals surface area contributed by atoms with Crippen molar-refractivity contribution in [2.24, 2.45) is 0 Å². The van der Waals surface area contributed by atoms with E-state index in [-0.39, 0.29) is 12.1 Å². The SMILES string of the molecule is CCN(C(=O)N[C@H](C)c1c(F)cccc1OC)[C@H](C)c1cccnc1. The van der Waals surface area contributed by atoms with Gasteiger partial charge in [-0.25, -0.2) is 9.18 Å². The molecule has 1 aromatic carbocycles. The topological polar surface area (TPSA) is 54.5 Å². The number of benzene rings is 1. The van der Waals surface area contributed by atoms with Crippen molar-refractivity contribution < 1.29 is 13.9 Å². The molecule has 6 heteroatoms. The maximum absolute atomic E-state index is 14.2. The van der Waals surface area contributed by atoms with Crippen LogP contribution >= 0.6 is 0 Å². The Morgan fingerprint density at radius 1 is 1.32 bits per heavy atom. The molecule has 2 atom stereocenters. The summed E-state index contributed by atoms with van der Waals surface area (Å²) < 4.78 is 19.4. The number of methoxy groups -OCH3 is 1. The number of ether oxygens (including phenoxy) is 1. The lowest BCUT2D eigenvalue weighted by molar-refractivity contribution is 0.179. The summed E-state index contributed by atoms with van der Waals surface area (Å²) in [7, 11) is 1.48. The van der Waals surface area contributed by atoms with Crippen LogP contribution in [0.15, 0.2) is 42.7 Å². The molecule has 1 aromatic heterocycles. The number of hydrogen-bond acceptors (Lipinski definition) is 3. The van der Waals surface area contributed by atoms with Crippen molar-refractivity contribution in [3.63, 3.8) is 0 Å². The van der Waals surface area contributed by atoms with E-state index in [9.17, 15) is 9.18 Å². The molecule has 2 aromatic rings. The quantitative estimate of drug-likeness (QED) is 0.858. The van der Waals surface area contributed by atoms with E-state index in [1.54, 1.807) is 36.4 Å². The average molecular weight is 345 g/mol. The summed E-state index contributed by atoms with van der Waals surface area (Å²) >= 11 is 0. The lowest BCUT2D eigenvalue weighted by Crippen LogP contribution is -2.42. The van der Waals surface area contributed by atoms with Crippen LogP contribution in [0.1, 0.15) is 44.0 Å². The number of carbonyl (C=O) groups is 1. The number of urea groups is 1. The van der Waals surface area contributed by atoms with Crippen molar-refractivity contribution in [3.8, 4) is 5.75 Å². The van der Waals surface area contributed by atoms with Crippen LogP contribution in [0.2, 0.25) is 0 Å². The highest BCUT2D eigenvalue weighted by Gasteiger charge is 2.24. The van der Waals surface area contributed by atoms with E-state index in [4.69, 9.17) is 4.74 Å². The van der Waals surface area contributed by atoms with E-state index >= 15 is 0 Å². The fourth-order valence-corrected chi connectivity index (χ4v) is 2.85. The molecule has 0 aliphatic heterocycles. The Hall–Kier alpha value is -2.63. The maximum atomic E-state index is 14.2. The molecular formula is C19H24FN3O2. The third kappa shape index (κ3) is 4.26. The van der Waals surface area contributed by atoms with E-state index in [0.717, 1.165) is 5.56 Å². The summed E-state index contributed by atoms with van der Waals surface area (Å²) in [6, 6.07) is 7.44. The molecule has 0 spiro atoms. The molecular weight excluding hydrogens is 321 g/mol. The first kappa shape index (κ1) is 18.7. The van der Waals surface area contributed by atoms with E-state index in [2.05, 4.69) is 10.3 Å². The minimum atomic E-state index is -0.529. The molecule has 0 unspecified atom stereocenters. The van der Waals surface area contributed by atoms with Gasteiger partial charge in [0.25, 0.3) is 0 Å². The Morgan fingerprint density at radius 2 is 2.08 bits per heavy atom. The van der Waals surface area contributed by atoms with Crippen LogP contribution in [-0.4, -0.2) is 29.6 Å². The van der Waals surface area contributed by atoms with E-state index in [0.29, 0.717) is 17.9 Å². The molecule has 2 rings (SSSR count). The molecule has 0 fully saturated rings. The van der Waals surface area contributed by atoms with Crippen LogP contribution in [0.25, 0.3) is 0 Å². The third-order valence-corrected chi connectivity index (χ3v) is 4.24. The van der Waals surface area contributed by atoms with Gasteiger partial charge in [-0.3, -0.25) is 4.98 Å². The molecule has 0 bridgehead atoms. The van der Waals surface area contributed by atoms with Gasteiger partial charge in [-0.15, -0.1) is 0 Å². The van der Waals surface area contributed by atoms with Gasteiger partial charge in [0.1, 0.15) is 11.6 Å². The number of rotatable bonds is 6. The largest absolute Gasteiger partial charge is 0.496 e. The summed E-state index contributed by atoms with van der Waals surface area (Å²) in [5.74, 6) is 0.00617. The molecule has 0 aliphatic carbocycles. The van der Waals surface area contributed by atoms with Crippen LogP contribution in [0.5, 0.6) is 5.75 Å². The molecule has 25 heavy (non-hydrogen) atoms. The first-order valence-corrected chi connectivity index (χ1v) is 8.29. The summed E-state index contributed by atoms with van der Waals surface area (Å²) in [6.45, 7) is 6.10. The number of amides is 2. The van der Waals surface area contributed by atoms with Crippen molar-refractivity contribution in [2.75, 3.05) is 13.7 Å². The van der Waals surface area contributed by atoms with Crippen LogP contribution < -0.4 is 10.1 Å². The second-order valence-corrected chi connectivity index (χ2v) is 5.78. The lowest BCUT2D eigenvalue weighted by atomic mass is 10.1. The molecule has 0 radical (unpaired) electrons. The lowest BCUT2D eigenvalue weighted by Gasteiger charge is -2.30. The minimum Gasteiger partial charge on any atom is -0.496 e. The second kappa shape index (κ2) is 8.46. The molecule has 134 valence electrons. The fraction of sp³-hybridized carbons (Fsp3) is 0.368. The van der Waals surface area contributed by atoms with Gasteiger partial charge in [-0.05, 0) is 44.5 Å². The number of hydrogen-bond donors (Lipinski definition) is 1. The minimum absolute atomic E-state index is 0.145. The summed E-state index contributed by atoms with van der Waals surface area (Å²) in [4.78, 5) is 18.5. The zero-order valence-corrected chi connectivity index (χ0v) is 15.0. The van der Waals surface area contributed by atoms with Crippen LogP contribution in [0.4, 0.5) is 9.18 Å². The number of carbonyl (C=O) groups excluding carboxylic acids is 1. The second-order valence-electron chi connectivity index (χ2n) is 5.78. The van der Waals surface area contributed by atoms with Gasteiger partial charge in [0.15, 0.2) is 0 Å². The predicted molar refractivity (Wildman–Crippen MR) is 94.9 cm³/mol. The molecule has 1 N–H and O–H groups in total. The number of pyridine rings is 1. The van der Waals surface area contributed by atoms with Gasteiger partial charge < -0.3 is 15.0 Å². The summed E-state index contributed by atoms with van der Waals surface area (Å²) in [5, 5.41) is 2.86. The predicted octanol–water partition coefficient (Wildman–Crippen LogP) is 4.08.